The number of nitrogens with zero attached hydrogens (tertiary/aromatic N) is 2. The Hall–Kier alpha value is -2.43. The minimum atomic E-state index is -0.242. The highest BCUT2D eigenvalue weighted by Crippen LogP contribution is 2.21. The predicted molar refractivity (Wildman–Crippen MR) is 91.0 cm³/mol. The van der Waals surface area contributed by atoms with E-state index < -0.39 is 0 Å². The number of nitrogens with one attached hydrogen (secondary N) is 1. The summed E-state index contributed by atoms with van der Waals surface area (Å²) >= 11 is 0. The summed E-state index contributed by atoms with van der Waals surface area (Å²) in [6.45, 7) is 9.78. The fourth-order valence-corrected chi connectivity index (χ4v) is 2.11. The van der Waals surface area contributed by atoms with Crippen LogP contribution in [0.5, 0.6) is 5.75 Å². The molecule has 122 valence electrons. The van der Waals surface area contributed by atoms with Crippen molar-refractivity contribution in [3.63, 3.8) is 0 Å². The number of ether oxygens (including phenoxy) is 1. The summed E-state index contributed by atoms with van der Waals surface area (Å²) in [7, 11) is 0. The maximum absolute atomic E-state index is 12.6. The summed E-state index contributed by atoms with van der Waals surface area (Å²) in [5.74, 6) is 1.74. The molecule has 5 heteroatoms. The molecular weight excluding hydrogens is 290 g/mol. The van der Waals surface area contributed by atoms with Gasteiger partial charge in [0.25, 0.3) is 5.91 Å². The number of carbonyl (C=O) groups is 1. The Kier molecular flexibility index (Phi) is 5.32. The number of rotatable bonds is 5. The summed E-state index contributed by atoms with van der Waals surface area (Å²) in [4.78, 5) is 21.3. The van der Waals surface area contributed by atoms with Crippen LogP contribution in [0.2, 0.25) is 0 Å². The van der Waals surface area contributed by atoms with Gasteiger partial charge in [-0.25, -0.2) is 9.97 Å². The fraction of sp³-hybridized carbons (Fsp3) is 0.389. The number of benzene rings is 1. The second-order valence-electron chi connectivity index (χ2n) is 6.02. The lowest BCUT2D eigenvalue weighted by Gasteiger charge is -2.14. The van der Waals surface area contributed by atoms with Crippen LogP contribution in [0, 0.1) is 6.92 Å². The van der Waals surface area contributed by atoms with E-state index in [0.717, 1.165) is 5.69 Å². The van der Waals surface area contributed by atoms with E-state index in [1.165, 1.54) is 0 Å². The Bertz CT molecular complexity index is 696. The molecule has 1 aromatic heterocycles. The zero-order valence-corrected chi connectivity index (χ0v) is 14.3. The van der Waals surface area contributed by atoms with Gasteiger partial charge in [0.1, 0.15) is 17.4 Å². The monoisotopic (exact) mass is 313 g/mol. The van der Waals surface area contributed by atoms with E-state index >= 15 is 0 Å². The van der Waals surface area contributed by atoms with E-state index in [1.807, 2.05) is 46.8 Å². The molecule has 0 spiro atoms. The first-order chi connectivity index (χ1) is 10.9. The lowest BCUT2D eigenvalue weighted by atomic mass is 10.2. The third kappa shape index (κ3) is 4.52. The fourth-order valence-electron chi connectivity index (χ4n) is 2.11. The minimum Gasteiger partial charge on any atom is -0.490 e. The maximum Gasteiger partial charge on any atom is 0.260 e. The molecule has 5 nitrogen and oxygen atoms in total. The molecule has 0 unspecified atom stereocenters. The molecular formula is C18H23N3O2. The Balaban J connectivity index is 2.26. The molecule has 1 heterocycles. The molecule has 1 amide bonds. The topological polar surface area (TPSA) is 64.1 Å². The maximum atomic E-state index is 12.6. The number of anilines is 1. The van der Waals surface area contributed by atoms with E-state index in [4.69, 9.17) is 4.74 Å². The van der Waals surface area contributed by atoms with Gasteiger partial charge < -0.3 is 10.1 Å². The lowest BCUT2D eigenvalue weighted by molar-refractivity contribution is 0.102. The van der Waals surface area contributed by atoms with Crippen molar-refractivity contribution in [1.82, 2.24) is 9.97 Å². The summed E-state index contributed by atoms with van der Waals surface area (Å²) in [5.41, 5.74) is 1.31. The van der Waals surface area contributed by atoms with Crippen LogP contribution in [-0.2, 0) is 0 Å². The van der Waals surface area contributed by atoms with Gasteiger partial charge in [-0.1, -0.05) is 26.0 Å². The molecule has 0 saturated carbocycles. The molecule has 0 atom stereocenters. The van der Waals surface area contributed by atoms with Crippen molar-refractivity contribution < 1.29 is 9.53 Å². The number of carbonyl (C=O) groups excluding carboxylic acids is 1. The highest BCUT2D eigenvalue weighted by Gasteiger charge is 2.15. The van der Waals surface area contributed by atoms with E-state index in [9.17, 15) is 4.79 Å². The normalized spacial score (nSPS) is 10.9. The quantitative estimate of drug-likeness (QED) is 0.908. The van der Waals surface area contributed by atoms with Crippen LogP contribution in [0.4, 0.5) is 5.82 Å². The molecule has 2 aromatic rings. The summed E-state index contributed by atoms with van der Waals surface area (Å²) in [6.07, 6.45) is -0.00205. The second kappa shape index (κ2) is 7.22. The Morgan fingerprint density at radius 3 is 2.48 bits per heavy atom. The largest absolute Gasteiger partial charge is 0.490 e. The molecule has 2 rings (SSSR count). The van der Waals surface area contributed by atoms with Gasteiger partial charge in [0.15, 0.2) is 0 Å². The predicted octanol–water partition coefficient (Wildman–Crippen LogP) is 3.95. The van der Waals surface area contributed by atoms with Crippen LogP contribution < -0.4 is 10.1 Å². The molecule has 0 aliphatic rings. The van der Waals surface area contributed by atoms with E-state index in [0.29, 0.717) is 23.0 Å². The van der Waals surface area contributed by atoms with Crippen LogP contribution in [-0.4, -0.2) is 22.0 Å². The number of amides is 1. The highest BCUT2D eigenvalue weighted by molar-refractivity contribution is 6.05. The molecule has 23 heavy (non-hydrogen) atoms. The average molecular weight is 313 g/mol. The lowest BCUT2D eigenvalue weighted by Crippen LogP contribution is -2.17. The van der Waals surface area contributed by atoms with Crippen molar-refractivity contribution >= 4 is 11.7 Å². The molecule has 0 fully saturated rings. The van der Waals surface area contributed by atoms with Gasteiger partial charge in [-0.05, 0) is 32.9 Å². The van der Waals surface area contributed by atoms with E-state index in [1.54, 1.807) is 18.2 Å². The van der Waals surface area contributed by atoms with E-state index in [2.05, 4.69) is 15.3 Å². The molecule has 0 saturated heterocycles. The summed E-state index contributed by atoms with van der Waals surface area (Å²) in [6, 6.07) is 8.95. The number of hydrogen-bond donors (Lipinski definition) is 1. The van der Waals surface area contributed by atoms with Crippen LogP contribution >= 0.6 is 0 Å². The van der Waals surface area contributed by atoms with Crippen molar-refractivity contribution in [2.75, 3.05) is 5.32 Å². The Labute approximate surface area is 137 Å². The standard InChI is InChI=1S/C18H23N3O2/c1-11(2)17-19-13(5)10-16(20-17)21-18(22)14-8-6-7-9-15(14)23-12(3)4/h6-12H,1-5H3,(H,19,20,21,22). The van der Waals surface area contributed by atoms with Gasteiger partial charge in [0.05, 0.1) is 11.7 Å². The number of aromatic nitrogens is 2. The third-order valence-electron chi connectivity index (χ3n) is 3.12. The average Bonchev–Trinajstić information content (AvgIpc) is 2.46. The molecule has 1 N–H and O–H groups in total. The number of hydrogen-bond acceptors (Lipinski definition) is 4. The van der Waals surface area contributed by atoms with Crippen molar-refractivity contribution in [3.05, 3.63) is 47.4 Å². The SMILES string of the molecule is Cc1cc(NC(=O)c2ccccc2OC(C)C)nc(C(C)C)n1. The Morgan fingerprint density at radius 2 is 1.83 bits per heavy atom. The first-order valence-electron chi connectivity index (χ1n) is 7.79. The molecule has 0 aliphatic heterocycles. The van der Waals surface area contributed by atoms with Crippen molar-refractivity contribution in [2.24, 2.45) is 0 Å². The van der Waals surface area contributed by atoms with Crippen LogP contribution in [0.1, 0.15) is 55.5 Å². The van der Waals surface area contributed by atoms with Gasteiger partial charge in [-0.2, -0.15) is 0 Å². The van der Waals surface area contributed by atoms with Gasteiger partial charge in [-0.15, -0.1) is 0 Å². The number of para-hydroxylation sites is 1. The molecule has 0 radical (unpaired) electrons. The first kappa shape index (κ1) is 16.9. The molecule has 0 aliphatic carbocycles. The van der Waals surface area contributed by atoms with Gasteiger partial charge >= 0.3 is 0 Å². The summed E-state index contributed by atoms with van der Waals surface area (Å²) < 4.78 is 5.70. The third-order valence-corrected chi connectivity index (χ3v) is 3.12. The minimum absolute atomic E-state index is 0.00205. The zero-order valence-electron chi connectivity index (χ0n) is 14.3. The highest BCUT2D eigenvalue weighted by atomic mass is 16.5. The Morgan fingerprint density at radius 1 is 1.13 bits per heavy atom. The number of aryl methyl sites for hydroxylation is 1. The van der Waals surface area contributed by atoms with Crippen LogP contribution in [0.3, 0.4) is 0 Å². The zero-order chi connectivity index (χ0) is 17.0. The van der Waals surface area contributed by atoms with E-state index in [-0.39, 0.29) is 17.9 Å². The van der Waals surface area contributed by atoms with Crippen molar-refractivity contribution in [1.29, 1.82) is 0 Å². The van der Waals surface area contributed by atoms with Crippen LogP contribution in [0.15, 0.2) is 30.3 Å². The van der Waals surface area contributed by atoms with Gasteiger partial charge in [-0.3, -0.25) is 4.79 Å². The molecule has 0 bridgehead atoms. The second-order valence-corrected chi connectivity index (χ2v) is 6.02. The summed E-state index contributed by atoms with van der Waals surface area (Å²) in [5, 5.41) is 2.84. The first-order valence-corrected chi connectivity index (χ1v) is 7.79. The van der Waals surface area contributed by atoms with Gasteiger partial charge in [0.2, 0.25) is 0 Å². The van der Waals surface area contributed by atoms with Crippen LogP contribution in [0.25, 0.3) is 0 Å². The van der Waals surface area contributed by atoms with Crippen molar-refractivity contribution in [3.8, 4) is 5.75 Å². The van der Waals surface area contributed by atoms with Crippen molar-refractivity contribution in [2.45, 2.75) is 46.6 Å². The molecule has 1 aromatic carbocycles. The smallest absolute Gasteiger partial charge is 0.260 e. The van der Waals surface area contributed by atoms with Gasteiger partial charge in [0, 0.05) is 17.7 Å².